The Kier molecular flexibility index (Phi) is 4.12. The topological polar surface area (TPSA) is 29.0 Å². The van der Waals surface area contributed by atoms with E-state index in [1.807, 2.05) is 4.90 Å². The normalized spacial score (nSPS) is 25.6. The zero-order chi connectivity index (χ0) is 18.5. The highest BCUT2D eigenvalue weighted by molar-refractivity contribution is 5.37. The first-order chi connectivity index (χ1) is 12.3. The molecule has 2 aromatic rings. The van der Waals surface area contributed by atoms with E-state index in [0.29, 0.717) is 42.1 Å². The molecule has 0 radical (unpaired) electrons. The molecule has 1 unspecified atom stereocenters. The summed E-state index contributed by atoms with van der Waals surface area (Å²) in [6.07, 6.45) is -1.68. The van der Waals surface area contributed by atoms with Crippen molar-refractivity contribution in [1.82, 2.24) is 9.97 Å². The predicted molar refractivity (Wildman–Crippen MR) is 89.3 cm³/mol. The lowest BCUT2D eigenvalue weighted by atomic mass is 9.91. The molecule has 2 aliphatic rings. The Bertz CT molecular complexity index is 807. The molecular weight excluding hydrogens is 346 g/mol. The number of hydrogen-bond donors (Lipinski definition) is 0. The molecule has 1 aliphatic heterocycles. The van der Waals surface area contributed by atoms with Crippen LogP contribution in [0.4, 0.5) is 23.5 Å². The molecule has 1 aromatic carbocycles. The minimum Gasteiger partial charge on any atom is -0.340 e. The lowest BCUT2D eigenvalue weighted by molar-refractivity contribution is -0.138. The maximum absolute atomic E-state index is 13.4. The predicted octanol–water partition coefficient (Wildman–Crippen LogP) is 4.57. The van der Waals surface area contributed by atoms with Gasteiger partial charge in [-0.25, -0.2) is 14.4 Å². The van der Waals surface area contributed by atoms with Crippen LogP contribution in [0.1, 0.15) is 35.6 Å². The van der Waals surface area contributed by atoms with Gasteiger partial charge in [-0.1, -0.05) is 18.2 Å². The van der Waals surface area contributed by atoms with E-state index in [4.69, 9.17) is 0 Å². The van der Waals surface area contributed by atoms with Crippen molar-refractivity contribution in [3.05, 3.63) is 53.1 Å². The highest BCUT2D eigenvalue weighted by Crippen LogP contribution is 2.49. The first kappa shape index (κ1) is 17.2. The number of aryl methyl sites for hydroxylation is 1. The minimum absolute atomic E-state index is 0.0687. The van der Waals surface area contributed by atoms with Crippen LogP contribution in [-0.2, 0) is 6.18 Å². The van der Waals surface area contributed by atoms with Gasteiger partial charge in [-0.2, -0.15) is 13.2 Å². The number of alkyl halides is 3. The number of halogens is 4. The van der Waals surface area contributed by atoms with Crippen molar-refractivity contribution < 1.29 is 17.6 Å². The Labute approximate surface area is 149 Å². The molecule has 4 rings (SSSR count). The summed E-state index contributed by atoms with van der Waals surface area (Å²) < 4.78 is 53.2. The lowest BCUT2D eigenvalue weighted by Crippen LogP contribution is -2.24. The fraction of sp³-hybridized carbons (Fsp3) is 0.474. The minimum atomic E-state index is -4.32. The van der Waals surface area contributed by atoms with E-state index >= 15 is 0 Å². The lowest BCUT2D eigenvalue weighted by Gasteiger charge is -2.21. The van der Waals surface area contributed by atoms with E-state index < -0.39 is 17.6 Å². The smallest absolute Gasteiger partial charge is 0.340 e. The zero-order valence-electron chi connectivity index (χ0n) is 14.3. The summed E-state index contributed by atoms with van der Waals surface area (Å²) in [6.45, 7) is 3.02. The number of aromatic nitrogens is 2. The molecule has 1 saturated heterocycles. The summed E-state index contributed by atoms with van der Waals surface area (Å²) in [4.78, 5) is 10.3. The van der Waals surface area contributed by atoms with Gasteiger partial charge in [0.2, 0.25) is 5.95 Å². The van der Waals surface area contributed by atoms with Gasteiger partial charge in [-0.05, 0) is 49.1 Å². The molecule has 0 bridgehead atoms. The maximum atomic E-state index is 13.4. The molecule has 1 saturated carbocycles. The summed E-state index contributed by atoms with van der Waals surface area (Å²) in [7, 11) is 0. The Morgan fingerprint density at radius 1 is 1.08 bits per heavy atom. The van der Waals surface area contributed by atoms with Crippen LogP contribution >= 0.6 is 0 Å². The molecule has 0 spiro atoms. The molecule has 3 atom stereocenters. The average molecular weight is 365 g/mol. The Balaban J connectivity index is 1.50. The Morgan fingerprint density at radius 3 is 2.35 bits per heavy atom. The van der Waals surface area contributed by atoms with Crippen molar-refractivity contribution in [2.24, 2.45) is 11.8 Å². The molecule has 0 amide bonds. The number of fused-ring (bicyclic) bond motifs is 1. The molecule has 2 heterocycles. The fourth-order valence-corrected chi connectivity index (χ4v) is 4.42. The van der Waals surface area contributed by atoms with Crippen LogP contribution in [0.5, 0.6) is 0 Å². The Hall–Kier alpha value is -2.18. The first-order valence-electron chi connectivity index (χ1n) is 8.73. The fourth-order valence-electron chi connectivity index (χ4n) is 4.42. The van der Waals surface area contributed by atoms with Crippen LogP contribution in [-0.4, -0.2) is 23.1 Å². The van der Waals surface area contributed by atoms with Crippen molar-refractivity contribution >= 4 is 5.95 Å². The molecule has 1 aliphatic carbocycles. The standard InChI is InChI=1S/C19H19F4N3/c1-11-17(20)8-24-18(25-11)26-9-13-6-12(7-14(13)10-26)15-4-2-3-5-16(15)19(21,22)23/h2-5,8,12-14H,6-7,9-10H2,1H3/t12?,13-,14+. The second kappa shape index (κ2) is 6.21. The van der Waals surface area contributed by atoms with Gasteiger partial charge in [0.05, 0.1) is 17.5 Å². The SMILES string of the molecule is Cc1nc(N2C[C@H]3CC(c4ccccc4C(F)(F)F)C[C@H]3C2)ncc1F. The Morgan fingerprint density at radius 2 is 1.73 bits per heavy atom. The van der Waals surface area contributed by atoms with E-state index in [-0.39, 0.29) is 5.92 Å². The molecule has 1 aromatic heterocycles. The zero-order valence-corrected chi connectivity index (χ0v) is 14.3. The maximum Gasteiger partial charge on any atom is 0.416 e. The van der Waals surface area contributed by atoms with Crippen molar-refractivity contribution in [2.75, 3.05) is 18.0 Å². The molecule has 0 N–H and O–H groups in total. The van der Waals surface area contributed by atoms with Gasteiger partial charge in [0.15, 0.2) is 5.82 Å². The highest BCUT2D eigenvalue weighted by atomic mass is 19.4. The van der Waals surface area contributed by atoms with Crippen molar-refractivity contribution in [3.63, 3.8) is 0 Å². The average Bonchev–Trinajstić information content (AvgIpc) is 3.15. The van der Waals surface area contributed by atoms with E-state index in [1.165, 1.54) is 18.3 Å². The summed E-state index contributed by atoms with van der Waals surface area (Å²) in [5, 5.41) is 0. The van der Waals surface area contributed by atoms with Crippen molar-refractivity contribution in [2.45, 2.75) is 31.9 Å². The van der Waals surface area contributed by atoms with Gasteiger partial charge in [-0.3, -0.25) is 0 Å². The van der Waals surface area contributed by atoms with Crippen LogP contribution in [0.25, 0.3) is 0 Å². The summed E-state index contributed by atoms with van der Waals surface area (Å²) in [6, 6.07) is 5.90. The van der Waals surface area contributed by atoms with Gasteiger partial charge in [0.25, 0.3) is 0 Å². The summed E-state index contributed by atoms with van der Waals surface area (Å²) >= 11 is 0. The van der Waals surface area contributed by atoms with Crippen LogP contribution in [0.3, 0.4) is 0 Å². The third-order valence-corrected chi connectivity index (χ3v) is 5.65. The number of hydrogen-bond acceptors (Lipinski definition) is 3. The highest BCUT2D eigenvalue weighted by Gasteiger charge is 2.44. The van der Waals surface area contributed by atoms with Gasteiger partial charge in [0, 0.05) is 13.1 Å². The summed E-state index contributed by atoms with van der Waals surface area (Å²) in [5.74, 6) is 0.633. The number of anilines is 1. The molecule has 2 fully saturated rings. The number of rotatable bonds is 2. The third-order valence-electron chi connectivity index (χ3n) is 5.65. The van der Waals surface area contributed by atoms with Crippen LogP contribution in [0, 0.1) is 24.6 Å². The quantitative estimate of drug-likeness (QED) is 0.730. The molecular formula is C19H19F4N3. The third kappa shape index (κ3) is 3.04. The van der Waals surface area contributed by atoms with E-state index in [0.717, 1.165) is 12.8 Å². The van der Waals surface area contributed by atoms with Gasteiger partial charge in [0.1, 0.15) is 0 Å². The van der Waals surface area contributed by atoms with Crippen molar-refractivity contribution in [3.8, 4) is 0 Å². The molecule has 26 heavy (non-hydrogen) atoms. The van der Waals surface area contributed by atoms with Crippen LogP contribution < -0.4 is 4.90 Å². The van der Waals surface area contributed by atoms with Gasteiger partial charge >= 0.3 is 6.18 Å². The largest absolute Gasteiger partial charge is 0.416 e. The monoisotopic (exact) mass is 365 g/mol. The van der Waals surface area contributed by atoms with Gasteiger partial charge in [-0.15, -0.1) is 0 Å². The summed E-state index contributed by atoms with van der Waals surface area (Å²) in [5.41, 5.74) is 0.207. The van der Waals surface area contributed by atoms with E-state index in [9.17, 15) is 17.6 Å². The molecule has 138 valence electrons. The van der Waals surface area contributed by atoms with Gasteiger partial charge < -0.3 is 4.90 Å². The van der Waals surface area contributed by atoms with E-state index in [2.05, 4.69) is 9.97 Å². The van der Waals surface area contributed by atoms with Crippen LogP contribution in [0.15, 0.2) is 30.5 Å². The number of nitrogens with zero attached hydrogens (tertiary/aromatic N) is 3. The first-order valence-corrected chi connectivity index (χ1v) is 8.73. The van der Waals surface area contributed by atoms with Crippen LogP contribution in [0.2, 0.25) is 0 Å². The number of benzene rings is 1. The van der Waals surface area contributed by atoms with Crippen molar-refractivity contribution in [1.29, 1.82) is 0 Å². The second-order valence-electron chi connectivity index (χ2n) is 7.28. The van der Waals surface area contributed by atoms with E-state index in [1.54, 1.807) is 19.1 Å². The molecule has 3 nitrogen and oxygen atoms in total. The second-order valence-corrected chi connectivity index (χ2v) is 7.28. The molecule has 7 heteroatoms.